The van der Waals surface area contributed by atoms with E-state index >= 15 is 0 Å². The lowest BCUT2D eigenvalue weighted by Gasteiger charge is -2.34. The molecule has 2 heterocycles. The first-order valence-electron chi connectivity index (χ1n) is 10.0. The van der Waals surface area contributed by atoms with Gasteiger partial charge in [0.15, 0.2) is 0 Å². The molecule has 0 spiro atoms. The Morgan fingerprint density at radius 2 is 1.83 bits per heavy atom. The fourth-order valence-corrected chi connectivity index (χ4v) is 3.75. The minimum absolute atomic E-state index is 0.164. The van der Waals surface area contributed by atoms with Crippen LogP contribution in [0.1, 0.15) is 22.7 Å². The molecule has 3 aromatic rings. The van der Waals surface area contributed by atoms with Crippen LogP contribution in [-0.2, 0) is 12.8 Å². The van der Waals surface area contributed by atoms with Crippen molar-refractivity contribution in [2.45, 2.75) is 24.9 Å². The predicted molar refractivity (Wildman–Crippen MR) is 117 cm³/mol. The van der Waals surface area contributed by atoms with Gasteiger partial charge in [0.2, 0.25) is 0 Å². The third-order valence-corrected chi connectivity index (χ3v) is 5.29. The van der Waals surface area contributed by atoms with Gasteiger partial charge in [-0.1, -0.05) is 54.6 Å². The highest BCUT2D eigenvalue weighted by atomic mass is 15.2. The Morgan fingerprint density at radius 1 is 1.03 bits per heavy atom. The van der Waals surface area contributed by atoms with Gasteiger partial charge in [-0.15, -0.1) is 0 Å². The average molecular weight is 383 g/mol. The number of pyridine rings is 1. The summed E-state index contributed by atoms with van der Waals surface area (Å²) < 4.78 is 0. The summed E-state index contributed by atoms with van der Waals surface area (Å²) in [6, 6.07) is 25.4. The van der Waals surface area contributed by atoms with E-state index < -0.39 is 0 Å². The number of aromatic nitrogens is 1. The van der Waals surface area contributed by atoms with Gasteiger partial charge in [-0.05, 0) is 41.8 Å². The zero-order chi connectivity index (χ0) is 19.9. The van der Waals surface area contributed by atoms with E-state index in [1.165, 1.54) is 11.1 Å². The van der Waals surface area contributed by atoms with Crippen molar-refractivity contribution < 1.29 is 0 Å². The number of nitrogens with zero attached hydrogens (tertiary/aromatic N) is 2. The van der Waals surface area contributed by atoms with E-state index in [0.29, 0.717) is 6.42 Å². The highest BCUT2D eigenvalue weighted by Gasteiger charge is 2.27. The lowest BCUT2D eigenvalue weighted by molar-refractivity contribution is 0.472. The van der Waals surface area contributed by atoms with Gasteiger partial charge in [0.1, 0.15) is 5.82 Å². The normalized spacial score (nSPS) is 16.0. The molecular weight excluding hydrogens is 358 g/mol. The van der Waals surface area contributed by atoms with Crippen molar-refractivity contribution in [2.24, 2.45) is 0 Å². The zero-order valence-electron chi connectivity index (χ0n) is 16.3. The smallest absolute Gasteiger partial charge is 0.149 e. The molecule has 0 fully saturated rings. The number of rotatable bonds is 7. The third-order valence-electron chi connectivity index (χ3n) is 5.29. The molecular formula is C24H25N5. The first-order chi connectivity index (χ1) is 14.3. The lowest BCUT2D eigenvalue weighted by atomic mass is 9.97. The first kappa shape index (κ1) is 19.0. The Morgan fingerprint density at radius 3 is 2.62 bits per heavy atom. The van der Waals surface area contributed by atoms with Gasteiger partial charge >= 0.3 is 0 Å². The summed E-state index contributed by atoms with van der Waals surface area (Å²) >= 11 is 0. The second kappa shape index (κ2) is 9.22. The summed E-state index contributed by atoms with van der Waals surface area (Å²) in [5.41, 5.74) is 4.64. The van der Waals surface area contributed by atoms with Crippen molar-refractivity contribution in [3.8, 4) is 6.07 Å². The molecule has 4 rings (SSSR count). The van der Waals surface area contributed by atoms with Crippen molar-refractivity contribution in [1.29, 1.82) is 5.26 Å². The molecule has 2 atom stereocenters. The van der Waals surface area contributed by atoms with Crippen molar-refractivity contribution in [2.75, 3.05) is 23.7 Å². The van der Waals surface area contributed by atoms with E-state index in [2.05, 4.69) is 63.4 Å². The fraction of sp³-hybridized carbons (Fsp3) is 0.250. The standard InChI is InChI=1S/C24H25N5/c25-14-12-18-8-10-19(11-9-18)13-16-26-23(20-5-2-1-3-6-20)22-17-28-21-7-4-15-27-24(21)29-22/h1-11,15,22-23,26,28H,12-13,16-17H2,(H,27,29)/t22-,23-/m1/s1. The Kier molecular flexibility index (Phi) is 6.04. The van der Waals surface area contributed by atoms with Gasteiger partial charge in [-0.25, -0.2) is 4.98 Å². The van der Waals surface area contributed by atoms with Crippen molar-refractivity contribution >= 4 is 11.5 Å². The SMILES string of the molecule is N#CCc1ccc(CCN[C@H](c2ccccc2)[C@H]2CNc3cccnc3N2)cc1. The minimum Gasteiger partial charge on any atom is -0.380 e. The Bertz CT molecular complexity index is 963. The zero-order valence-corrected chi connectivity index (χ0v) is 16.3. The fourth-order valence-electron chi connectivity index (χ4n) is 3.75. The molecule has 0 aliphatic carbocycles. The summed E-state index contributed by atoms with van der Waals surface area (Å²) in [7, 11) is 0. The topological polar surface area (TPSA) is 72.8 Å². The average Bonchev–Trinajstić information content (AvgIpc) is 2.78. The number of fused-ring (bicyclic) bond motifs is 1. The monoisotopic (exact) mass is 383 g/mol. The molecule has 5 heteroatoms. The summed E-state index contributed by atoms with van der Waals surface area (Å²) in [6.07, 6.45) is 3.21. The number of hydrogen-bond donors (Lipinski definition) is 3. The molecule has 5 nitrogen and oxygen atoms in total. The van der Waals surface area contributed by atoms with Crippen LogP contribution in [0.15, 0.2) is 72.9 Å². The number of benzene rings is 2. The van der Waals surface area contributed by atoms with Crippen LogP contribution < -0.4 is 16.0 Å². The minimum atomic E-state index is 0.164. The maximum atomic E-state index is 8.81. The van der Waals surface area contributed by atoms with Gasteiger partial charge < -0.3 is 16.0 Å². The largest absolute Gasteiger partial charge is 0.380 e. The quantitative estimate of drug-likeness (QED) is 0.577. The maximum absolute atomic E-state index is 8.81. The van der Waals surface area contributed by atoms with E-state index in [-0.39, 0.29) is 12.1 Å². The van der Waals surface area contributed by atoms with Crippen molar-refractivity contribution in [3.63, 3.8) is 0 Å². The van der Waals surface area contributed by atoms with E-state index in [9.17, 15) is 0 Å². The van der Waals surface area contributed by atoms with Crippen LogP contribution in [-0.4, -0.2) is 24.1 Å². The molecule has 29 heavy (non-hydrogen) atoms. The summed E-state index contributed by atoms with van der Waals surface area (Å²) in [5.74, 6) is 0.902. The second-order valence-corrected chi connectivity index (χ2v) is 7.28. The molecule has 1 aliphatic heterocycles. The molecule has 0 saturated heterocycles. The van der Waals surface area contributed by atoms with Crippen LogP contribution in [0.5, 0.6) is 0 Å². The van der Waals surface area contributed by atoms with Crippen LogP contribution >= 0.6 is 0 Å². The molecule has 1 aromatic heterocycles. The molecule has 3 N–H and O–H groups in total. The molecule has 146 valence electrons. The van der Waals surface area contributed by atoms with Gasteiger partial charge in [0.25, 0.3) is 0 Å². The Hall–Kier alpha value is -3.36. The summed E-state index contributed by atoms with van der Waals surface area (Å²) in [6.45, 7) is 1.69. The van der Waals surface area contributed by atoms with Crippen LogP contribution in [0.4, 0.5) is 11.5 Å². The van der Waals surface area contributed by atoms with Crippen molar-refractivity contribution in [3.05, 3.63) is 89.6 Å². The Labute approximate surface area is 171 Å². The molecule has 1 aliphatic rings. The van der Waals surface area contributed by atoms with Gasteiger partial charge in [0.05, 0.1) is 30.3 Å². The number of anilines is 2. The van der Waals surface area contributed by atoms with E-state index in [0.717, 1.165) is 36.6 Å². The summed E-state index contributed by atoms with van der Waals surface area (Å²) in [4.78, 5) is 4.47. The molecule has 0 unspecified atom stereocenters. The first-order valence-corrected chi connectivity index (χ1v) is 10.0. The van der Waals surface area contributed by atoms with Crippen LogP contribution in [0, 0.1) is 11.3 Å². The second-order valence-electron chi connectivity index (χ2n) is 7.28. The molecule has 0 saturated carbocycles. The van der Waals surface area contributed by atoms with Gasteiger partial charge in [0, 0.05) is 12.7 Å². The summed E-state index contributed by atoms with van der Waals surface area (Å²) in [5, 5.41) is 19.6. The lowest BCUT2D eigenvalue weighted by Crippen LogP contribution is -2.44. The molecule has 0 radical (unpaired) electrons. The molecule has 0 bridgehead atoms. The van der Waals surface area contributed by atoms with Gasteiger partial charge in [-0.3, -0.25) is 0 Å². The van der Waals surface area contributed by atoms with Gasteiger partial charge in [-0.2, -0.15) is 5.26 Å². The van der Waals surface area contributed by atoms with E-state index in [1.54, 1.807) is 0 Å². The number of hydrogen-bond acceptors (Lipinski definition) is 5. The highest BCUT2D eigenvalue weighted by Crippen LogP contribution is 2.28. The Balaban J connectivity index is 1.44. The van der Waals surface area contributed by atoms with Crippen LogP contribution in [0.25, 0.3) is 0 Å². The van der Waals surface area contributed by atoms with Crippen LogP contribution in [0.2, 0.25) is 0 Å². The van der Waals surface area contributed by atoms with Crippen molar-refractivity contribution in [1.82, 2.24) is 10.3 Å². The van der Waals surface area contributed by atoms with Crippen LogP contribution in [0.3, 0.4) is 0 Å². The molecule has 0 amide bonds. The number of nitriles is 1. The highest BCUT2D eigenvalue weighted by molar-refractivity contribution is 5.67. The van der Waals surface area contributed by atoms with E-state index in [1.807, 2.05) is 36.5 Å². The molecule has 2 aromatic carbocycles. The predicted octanol–water partition coefficient (Wildman–Crippen LogP) is 3.93. The van der Waals surface area contributed by atoms with E-state index in [4.69, 9.17) is 5.26 Å². The third kappa shape index (κ3) is 4.74. The number of nitrogens with one attached hydrogen (secondary N) is 3. The maximum Gasteiger partial charge on any atom is 0.149 e.